The molecule has 0 aromatic heterocycles. The van der Waals surface area contributed by atoms with Crippen molar-refractivity contribution in [1.82, 2.24) is 0 Å². The topological polar surface area (TPSA) is 83.3 Å². The lowest BCUT2D eigenvalue weighted by Crippen LogP contribution is -2.47. The molecule has 1 heterocycles. The molecule has 1 atom stereocenters. The first kappa shape index (κ1) is 21.3. The number of methoxy groups -OCH3 is 3. The molecule has 1 unspecified atom stereocenters. The summed E-state index contributed by atoms with van der Waals surface area (Å²) in [6.45, 7) is 1.30. The number of nitrogens with zero attached hydrogens (tertiary/aromatic N) is 1. The van der Waals surface area contributed by atoms with E-state index in [0.29, 0.717) is 36.1 Å². The van der Waals surface area contributed by atoms with Crippen molar-refractivity contribution >= 4 is 24.0 Å². The number of hydrogen-bond donors (Lipinski definition) is 1. The van der Waals surface area contributed by atoms with Crippen LogP contribution >= 0.6 is 12.4 Å². The van der Waals surface area contributed by atoms with Crippen molar-refractivity contribution in [3.05, 3.63) is 12.1 Å². The lowest BCUT2D eigenvalue weighted by atomic mass is 9.91. The molecule has 8 heteroatoms. The number of rotatable bonds is 6. The fraction of sp³-hybridized carbons (Fsp3) is 0.588. The van der Waals surface area contributed by atoms with Crippen LogP contribution in [0.2, 0.25) is 0 Å². The molecule has 142 valence electrons. The Bertz CT molecular complexity index is 553. The van der Waals surface area contributed by atoms with Gasteiger partial charge in [0.15, 0.2) is 11.5 Å². The van der Waals surface area contributed by atoms with Crippen LogP contribution in [0.25, 0.3) is 0 Å². The van der Waals surface area contributed by atoms with Crippen LogP contribution in [0, 0.1) is 5.92 Å². The highest BCUT2D eigenvalue weighted by Gasteiger charge is 2.30. The van der Waals surface area contributed by atoms with Crippen LogP contribution in [-0.4, -0.2) is 53.5 Å². The zero-order valence-electron chi connectivity index (χ0n) is 15.1. The quantitative estimate of drug-likeness (QED) is 0.818. The molecule has 0 aliphatic carbocycles. The maximum Gasteiger partial charge on any atom is 0.243 e. The van der Waals surface area contributed by atoms with Crippen molar-refractivity contribution in [3.8, 4) is 17.2 Å². The van der Waals surface area contributed by atoms with E-state index in [1.54, 1.807) is 19.2 Å². The van der Waals surface area contributed by atoms with Gasteiger partial charge in [0.1, 0.15) is 0 Å². The van der Waals surface area contributed by atoms with Crippen LogP contribution in [0.15, 0.2) is 12.1 Å². The average molecular weight is 375 g/mol. The van der Waals surface area contributed by atoms with Gasteiger partial charge in [-0.15, -0.1) is 12.4 Å². The lowest BCUT2D eigenvalue weighted by Gasteiger charge is -2.30. The van der Waals surface area contributed by atoms with E-state index in [9.17, 15) is 4.79 Å². The second-order valence-electron chi connectivity index (χ2n) is 5.76. The highest BCUT2D eigenvalue weighted by atomic mass is 35.5. The summed E-state index contributed by atoms with van der Waals surface area (Å²) < 4.78 is 21.3. The third-order valence-electron chi connectivity index (χ3n) is 4.43. The zero-order chi connectivity index (χ0) is 17.7. The van der Waals surface area contributed by atoms with E-state index in [2.05, 4.69) is 0 Å². The molecule has 1 aromatic carbocycles. The van der Waals surface area contributed by atoms with Crippen molar-refractivity contribution in [2.45, 2.75) is 18.9 Å². The van der Waals surface area contributed by atoms with Crippen LogP contribution in [-0.2, 0) is 9.53 Å². The van der Waals surface area contributed by atoms with Crippen molar-refractivity contribution < 1.29 is 23.7 Å². The van der Waals surface area contributed by atoms with Gasteiger partial charge in [0.05, 0.1) is 33.1 Å². The van der Waals surface area contributed by atoms with Crippen LogP contribution in [0.3, 0.4) is 0 Å². The molecule has 1 fully saturated rings. The Hall–Kier alpha value is -1.70. The number of ether oxygens (including phenoxy) is 4. The summed E-state index contributed by atoms with van der Waals surface area (Å²) in [5, 5.41) is 0. The fourth-order valence-corrected chi connectivity index (χ4v) is 2.89. The Kier molecular flexibility index (Phi) is 8.28. The van der Waals surface area contributed by atoms with Crippen molar-refractivity contribution in [2.75, 3.05) is 46.5 Å². The van der Waals surface area contributed by atoms with Gasteiger partial charge in [-0.2, -0.15) is 0 Å². The molecule has 1 aliphatic rings. The summed E-state index contributed by atoms with van der Waals surface area (Å²) in [6.07, 6.45) is 1.60. The Morgan fingerprint density at radius 3 is 2.12 bits per heavy atom. The molecule has 1 aromatic rings. The number of carbonyl (C=O) groups is 1. The van der Waals surface area contributed by atoms with E-state index in [1.165, 1.54) is 26.2 Å². The summed E-state index contributed by atoms with van der Waals surface area (Å²) in [7, 11) is 6.31. The van der Waals surface area contributed by atoms with E-state index in [0.717, 1.165) is 12.8 Å². The first-order valence-electron chi connectivity index (χ1n) is 7.94. The highest BCUT2D eigenvalue weighted by Crippen LogP contribution is 2.41. The first-order chi connectivity index (χ1) is 11.5. The minimum absolute atomic E-state index is 0. The van der Waals surface area contributed by atoms with E-state index >= 15 is 0 Å². The van der Waals surface area contributed by atoms with E-state index < -0.39 is 6.04 Å². The normalized spacial score (nSPS) is 15.7. The number of amides is 1. The van der Waals surface area contributed by atoms with Crippen LogP contribution in [0.5, 0.6) is 17.2 Å². The number of likely N-dealkylation sites (N-methyl/N-ethyl adjacent to an activating group) is 1. The van der Waals surface area contributed by atoms with Crippen LogP contribution in [0.4, 0.5) is 5.69 Å². The third kappa shape index (κ3) is 4.68. The van der Waals surface area contributed by atoms with Gasteiger partial charge in [-0.1, -0.05) is 0 Å². The molecular formula is C17H27ClN2O5. The Morgan fingerprint density at radius 2 is 1.68 bits per heavy atom. The van der Waals surface area contributed by atoms with Gasteiger partial charge in [0.25, 0.3) is 0 Å². The molecule has 1 aliphatic heterocycles. The van der Waals surface area contributed by atoms with Crippen LogP contribution < -0.4 is 24.8 Å². The minimum Gasteiger partial charge on any atom is -0.493 e. The summed E-state index contributed by atoms with van der Waals surface area (Å²) in [5.74, 6) is 1.46. The fourth-order valence-electron chi connectivity index (χ4n) is 2.89. The van der Waals surface area contributed by atoms with Crippen molar-refractivity contribution in [2.24, 2.45) is 11.7 Å². The molecule has 0 spiro atoms. The number of carbonyl (C=O) groups excluding carboxylic acids is 1. The third-order valence-corrected chi connectivity index (χ3v) is 4.43. The summed E-state index contributed by atoms with van der Waals surface area (Å²) >= 11 is 0. The SMILES string of the molecule is COc1cc(N(C)C(=O)C(N)C2CCOCC2)cc(OC)c1OC.Cl. The monoisotopic (exact) mass is 374 g/mol. The van der Waals surface area contributed by atoms with E-state index in [4.69, 9.17) is 24.7 Å². The average Bonchev–Trinajstić information content (AvgIpc) is 2.65. The first-order valence-corrected chi connectivity index (χ1v) is 7.94. The Morgan fingerprint density at radius 1 is 1.16 bits per heavy atom. The highest BCUT2D eigenvalue weighted by molar-refractivity contribution is 5.97. The summed E-state index contributed by atoms with van der Waals surface area (Å²) in [5.41, 5.74) is 6.83. The molecule has 0 saturated carbocycles. The molecule has 1 saturated heterocycles. The number of anilines is 1. The van der Waals surface area contributed by atoms with Gasteiger partial charge in [-0.05, 0) is 18.8 Å². The number of hydrogen-bond acceptors (Lipinski definition) is 6. The van der Waals surface area contributed by atoms with E-state index in [1.807, 2.05) is 0 Å². The zero-order valence-corrected chi connectivity index (χ0v) is 15.9. The predicted molar refractivity (Wildman–Crippen MR) is 98.3 cm³/mol. The van der Waals surface area contributed by atoms with Crippen molar-refractivity contribution in [3.63, 3.8) is 0 Å². The summed E-state index contributed by atoms with van der Waals surface area (Å²) in [6, 6.07) is 2.91. The molecular weight excluding hydrogens is 348 g/mol. The van der Waals surface area contributed by atoms with Gasteiger partial charge < -0.3 is 29.6 Å². The second-order valence-corrected chi connectivity index (χ2v) is 5.76. The Labute approximate surface area is 154 Å². The molecule has 25 heavy (non-hydrogen) atoms. The molecule has 2 N–H and O–H groups in total. The van der Waals surface area contributed by atoms with Gasteiger partial charge >= 0.3 is 0 Å². The maximum atomic E-state index is 12.7. The largest absolute Gasteiger partial charge is 0.493 e. The van der Waals surface area contributed by atoms with Crippen molar-refractivity contribution in [1.29, 1.82) is 0 Å². The number of benzene rings is 1. The second kappa shape index (κ2) is 9.70. The number of halogens is 1. The van der Waals surface area contributed by atoms with Gasteiger partial charge in [-0.3, -0.25) is 4.79 Å². The van der Waals surface area contributed by atoms with Gasteiger partial charge in [0, 0.05) is 32.4 Å². The molecule has 7 nitrogen and oxygen atoms in total. The number of nitrogens with two attached hydrogens (primary N) is 1. The smallest absolute Gasteiger partial charge is 0.243 e. The summed E-state index contributed by atoms with van der Waals surface area (Å²) in [4.78, 5) is 14.3. The standard InChI is InChI=1S/C17H26N2O5.ClH/c1-19(17(20)15(18)11-5-7-24-8-6-11)12-9-13(21-2)16(23-4)14(10-12)22-3;/h9-11,15H,5-8,18H2,1-4H3;1H. The van der Waals surface area contributed by atoms with Crippen LogP contribution in [0.1, 0.15) is 12.8 Å². The minimum atomic E-state index is -0.557. The molecule has 1 amide bonds. The molecule has 0 bridgehead atoms. The molecule has 0 radical (unpaired) electrons. The molecule has 2 rings (SSSR count). The van der Waals surface area contributed by atoms with Gasteiger partial charge in [-0.25, -0.2) is 0 Å². The van der Waals surface area contributed by atoms with E-state index in [-0.39, 0.29) is 24.2 Å². The lowest BCUT2D eigenvalue weighted by molar-refractivity contribution is -0.121. The predicted octanol–water partition coefficient (Wildman–Crippen LogP) is 1.85. The maximum absolute atomic E-state index is 12.7. The Balaban J connectivity index is 0.00000312. The van der Waals surface area contributed by atoms with Gasteiger partial charge in [0.2, 0.25) is 11.7 Å².